The quantitative estimate of drug-likeness (QED) is 0.586. The van der Waals surface area contributed by atoms with Gasteiger partial charge in [0.2, 0.25) is 0 Å². The van der Waals surface area contributed by atoms with E-state index in [0.29, 0.717) is 35.4 Å². The lowest BCUT2D eigenvalue weighted by atomic mass is 9.82. The first-order valence-electron chi connectivity index (χ1n) is 10.1. The van der Waals surface area contributed by atoms with E-state index >= 15 is 0 Å². The molecule has 1 heterocycles. The highest BCUT2D eigenvalue weighted by atomic mass is 16.5. The van der Waals surface area contributed by atoms with Gasteiger partial charge in [0.25, 0.3) is 0 Å². The number of esters is 2. The van der Waals surface area contributed by atoms with E-state index in [4.69, 9.17) is 18.9 Å². The van der Waals surface area contributed by atoms with Gasteiger partial charge in [0.15, 0.2) is 0 Å². The van der Waals surface area contributed by atoms with Crippen molar-refractivity contribution in [3.63, 3.8) is 0 Å². The highest BCUT2D eigenvalue weighted by Gasteiger charge is 2.36. The molecule has 0 aromatic heterocycles. The largest absolute Gasteiger partial charge is 0.497 e. The van der Waals surface area contributed by atoms with E-state index in [2.05, 4.69) is 0 Å². The van der Waals surface area contributed by atoms with Crippen LogP contribution in [0.3, 0.4) is 0 Å². The molecule has 0 aliphatic carbocycles. The topological polar surface area (TPSA) is 74.3 Å². The van der Waals surface area contributed by atoms with Gasteiger partial charge in [-0.15, -0.1) is 0 Å². The number of benzene rings is 2. The number of carbonyl (C=O) groups excluding carboxylic acids is 2. The molecule has 1 aliphatic rings. The Morgan fingerprint density at radius 2 is 1.41 bits per heavy atom. The van der Waals surface area contributed by atoms with Crippen LogP contribution >= 0.6 is 0 Å². The van der Waals surface area contributed by atoms with Gasteiger partial charge in [-0.1, -0.05) is 30.3 Å². The SMILES string of the molecule is COC(=O)C1=CN(CCc2ccc(OC)cc2)C=C(C(=O)OC)C1c1ccccc1OC. The summed E-state index contributed by atoms with van der Waals surface area (Å²) in [5.74, 6) is -0.376. The smallest absolute Gasteiger partial charge is 0.336 e. The molecule has 7 heteroatoms. The summed E-state index contributed by atoms with van der Waals surface area (Å²) in [4.78, 5) is 27.3. The molecule has 0 N–H and O–H groups in total. The molecule has 0 saturated heterocycles. The van der Waals surface area contributed by atoms with E-state index in [1.54, 1.807) is 32.7 Å². The summed E-state index contributed by atoms with van der Waals surface area (Å²) in [5, 5.41) is 0. The molecule has 0 radical (unpaired) electrons. The van der Waals surface area contributed by atoms with Gasteiger partial charge in [-0.25, -0.2) is 9.59 Å². The van der Waals surface area contributed by atoms with Crippen LogP contribution < -0.4 is 9.47 Å². The zero-order valence-electron chi connectivity index (χ0n) is 18.7. The first-order valence-corrected chi connectivity index (χ1v) is 10.1. The Balaban J connectivity index is 1.98. The molecular formula is C25H27NO6. The zero-order chi connectivity index (χ0) is 23.1. The van der Waals surface area contributed by atoms with Crippen molar-refractivity contribution in [2.75, 3.05) is 35.0 Å². The molecule has 2 aromatic carbocycles. The van der Waals surface area contributed by atoms with Crippen LogP contribution in [0.2, 0.25) is 0 Å². The monoisotopic (exact) mass is 437 g/mol. The Hall–Kier alpha value is -3.74. The standard InChI is InChI=1S/C25H27NO6/c1-29-18-11-9-17(10-12-18)13-14-26-15-20(24(27)31-3)23(21(16-26)25(28)32-4)19-7-5-6-8-22(19)30-2/h5-12,15-16,23H,13-14H2,1-4H3. The summed E-state index contributed by atoms with van der Waals surface area (Å²) in [6.45, 7) is 0.548. The normalized spacial score (nSPS) is 13.7. The molecule has 0 unspecified atom stereocenters. The fraction of sp³-hybridized carbons (Fsp3) is 0.280. The minimum Gasteiger partial charge on any atom is -0.497 e. The maximum atomic E-state index is 12.7. The molecule has 0 bridgehead atoms. The van der Waals surface area contributed by atoms with E-state index in [-0.39, 0.29) is 0 Å². The lowest BCUT2D eigenvalue weighted by Crippen LogP contribution is -2.29. The Bertz CT molecular complexity index is 991. The van der Waals surface area contributed by atoms with Gasteiger partial charge in [-0.05, 0) is 30.2 Å². The van der Waals surface area contributed by atoms with Crippen LogP contribution in [0, 0.1) is 0 Å². The maximum absolute atomic E-state index is 12.7. The van der Waals surface area contributed by atoms with Crippen molar-refractivity contribution >= 4 is 11.9 Å². The Labute approximate surface area is 187 Å². The van der Waals surface area contributed by atoms with Gasteiger partial charge in [0, 0.05) is 24.5 Å². The maximum Gasteiger partial charge on any atom is 0.336 e. The van der Waals surface area contributed by atoms with Crippen molar-refractivity contribution in [1.29, 1.82) is 0 Å². The van der Waals surface area contributed by atoms with Crippen LogP contribution in [0.25, 0.3) is 0 Å². The van der Waals surface area contributed by atoms with Crippen LogP contribution in [0.1, 0.15) is 17.0 Å². The lowest BCUT2D eigenvalue weighted by molar-refractivity contribution is -0.137. The Morgan fingerprint density at radius 1 is 0.812 bits per heavy atom. The molecule has 32 heavy (non-hydrogen) atoms. The van der Waals surface area contributed by atoms with Gasteiger partial charge >= 0.3 is 11.9 Å². The number of rotatable bonds is 8. The van der Waals surface area contributed by atoms with Crippen LogP contribution in [0.5, 0.6) is 11.5 Å². The third-order valence-corrected chi connectivity index (χ3v) is 5.34. The van der Waals surface area contributed by atoms with Crippen molar-refractivity contribution in [3.8, 4) is 11.5 Å². The van der Waals surface area contributed by atoms with Gasteiger partial charge in [-0.3, -0.25) is 0 Å². The third kappa shape index (κ3) is 4.94. The number of para-hydroxylation sites is 1. The molecule has 0 atom stereocenters. The Morgan fingerprint density at radius 3 is 1.94 bits per heavy atom. The fourth-order valence-electron chi connectivity index (χ4n) is 3.71. The van der Waals surface area contributed by atoms with Crippen molar-refractivity contribution in [2.24, 2.45) is 0 Å². The highest BCUT2D eigenvalue weighted by molar-refractivity contribution is 5.98. The van der Waals surface area contributed by atoms with Crippen LogP contribution in [0.15, 0.2) is 72.1 Å². The molecule has 7 nitrogen and oxygen atoms in total. The number of hydrogen-bond acceptors (Lipinski definition) is 7. The highest BCUT2D eigenvalue weighted by Crippen LogP contribution is 2.40. The second-order valence-electron chi connectivity index (χ2n) is 7.16. The second-order valence-corrected chi connectivity index (χ2v) is 7.16. The molecule has 0 fully saturated rings. The molecule has 3 rings (SSSR count). The van der Waals surface area contributed by atoms with Crippen molar-refractivity contribution in [2.45, 2.75) is 12.3 Å². The van der Waals surface area contributed by atoms with Crippen LogP contribution in [-0.2, 0) is 25.5 Å². The van der Waals surface area contributed by atoms with Crippen LogP contribution in [-0.4, -0.2) is 51.8 Å². The number of methoxy groups -OCH3 is 4. The van der Waals surface area contributed by atoms with Gasteiger partial charge in [0.05, 0.1) is 45.5 Å². The van der Waals surface area contributed by atoms with Crippen molar-refractivity contribution in [3.05, 3.63) is 83.2 Å². The molecule has 1 aliphatic heterocycles. The van der Waals surface area contributed by atoms with E-state index in [1.807, 2.05) is 47.4 Å². The number of carbonyl (C=O) groups is 2. The number of ether oxygens (including phenoxy) is 4. The minimum atomic E-state index is -0.678. The summed E-state index contributed by atoms with van der Waals surface area (Å²) in [7, 11) is 5.81. The Kier molecular flexibility index (Phi) is 7.54. The molecule has 0 amide bonds. The zero-order valence-corrected chi connectivity index (χ0v) is 18.7. The van der Waals surface area contributed by atoms with Crippen molar-refractivity contribution < 1.29 is 28.5 Å². The molecular weight excluding hydrogens is 410 g/mol. The van der Waals surface area contributed by atoms with Crippen molar-refractivity contribution in [1.82, 2.24) is 4.90 Å². The summed E-state index contributed by atoms with van der Waals surface area (Å²) < 4.78 is 20.8. The molecule has 0 spiro atoms. The number of hydrogen-bond donors (Lipinski definition) is 0. The molecule has 168 valence electrons. The first kappa shape index (κ1) is 22.9. The summed E-state index contributed by atoms with van der Waals surface area (Å²) in [6.07, 6.45) is 4.14. The van der Waals surface area contributed by atoms with Gasteiger partial charge < -0.3 is 23.8 Å². The predicted octanol–water partition coefficient (Wildman–Crippen LogP) is 3.46. The predicted molar refractivity (Wildman–Crippen MR) is 119 cm³/mol. The summed E-state index contributed by atoms with van der Waals surface area (Å²) in [5.41, 5.74) is 2.43. The van der Waals surface area contributed by atoms with E-state index in [9.17, 15) is 9.59 Å². The molecule has 2 aromatic rings. The third-order valence-electron chi connectivity index (χ3n) is 5.34. The van der Waals surface area contributed by atoms with Crippen LogP contribution in [0.4, 0.5) is 0 Å². The van der Waals surface area contributed by atoms with Gasteiger partial charge in [0.1, 0.15) is 11.5 Å². The lowest BCUT2D eigenvalue weighted by Gasteiger charge is -2.30. The minimum absolute atomic E-state index is 0.328. The summed E-state index contributed by atoms with van der Waals surface area (Å²) >= 11 is 0. The van der Waals surface area contributed by atoms with E-state index < -0.39 is 17.9 Å². The van der Waals surface area contributed by atoms with E-state index in [1.165, 1.54) is 14.2 Å². The fourth-order valence-corrected chi connectivity index (χ4v) is 3.71. The van der Waals surface area contributed by atoms with E-state index in [0.717, 1.165) is 11.3 Å². The first-order chi connectivity index (χ1) is 15.5. The number of nitrogens with zero attached hydrogens (tertiary/aromatic N) is 1. The second kappa shape index (κ2) is 10.5. The average molecular weight is 437 g/mol. The molecule has 0 saturated carbocycles. The van der Waals surface area contributed by atoms with Gasteiger partial charge in [-0.2, -0.15) is 0 Å². The summed E-state index contributed by atoms with van der Waals surface area (Å²) in [6, 6.07) is 15.0. The average Bonchev–Trinajstić information content (AvgIpc) is 2.86.